The van der Waals surface area contributed by atoms with Gasteiger partial charge in [-0.1, -0.05) is 48.5 Å². The van der Waals surface area contributed by atoms with Gasteiger partial charge in [-0.05, 0) is 47.4 Å². The van der Waals surface area contributed by atoms with Crippen LogP contribution in [0.1, 0.15) is 11.1 Å². The first-order valence-electron chi connectivity index (χ1n) is 8.48. The fourth-order valence-corrected chi connectivity index (χ4v) is 2.87. The Balaban J connectivity index is 1.82. The van der Waals surface area contributed by atoms with Crippen LogP contribution in [0, 0.1) is 12.7 Å². The number of amides is 2. The highest BCUT2D eigenvalue weighted by molar-refractivity contribution is 5.95. The normalized spacial score (nSPS) is 10.5. The summed E-state index contributed by atoms with van der Waals surface area (Å²) in [6.07, 6.45) is 0. The van der Waals surface area contributed by atoms with E-state index in [2.05, 4.69) is 5.32 Å². The molecule has 0 unspecified atom stereocenters. The van der Waals surface area contributed by atoms with Gasteiger partial charge in [0, 0.05) is 0 Å². The number of carbonyl (C=O) groups is 1. The topological polar surface area (TPSA) is 84.4 Å². The molecule has 0 aromatic heterocycles. The molecule has 0 heterocycles. The second-order valence-electron chi connectivity index (χ2n) is 6.25. The van der Waals surface area contributed by atoms with Gasteiger partial charge in [-0.25, -0.2) is 15.0 Å². The third-order valence-corrected chi connectivity index (χ3v) is 4.34. The molecule has 0 aliphatic carbocycles. The van der Waals surface area contributed by atoms with Crippen molar-refractivity contribution < 1.29 is 9.18 Å². The zero-order valence-corrected chi connectivity index (χ0v) is 14.9. The Labute approximate surface area is 157 Å². The van der Waals surface area contributed by atoms with Gasteiger partial charge in [-0.2, -0.15) is 0 Å². The number of hydrogen-bond donors (Lipinski definition) is 3. The van der Waals surface area contributed by atoms with Gasteiger partial charge >= 0.3 is 6.03 Å². The van der Waals surface area contributed by atoms with E-state index in [1.807, 2.05) is 43.3 Å². The van der Waals surface area contributed by atoms with E-state index in [0.29, 0.717) is 11.4 Å². The van der Waals surface area contributed by atoms with Crippen LogP contribution in [0.4, 0.5) is 20.6 Å². The molecule has 0 fully saturated rings. The van der Waals surface area contributed by atoms with Gasteiger partial charge in [0.1, 0.15) is 5.82 Å². The van der Waals surface area contributed by atoms with Gasteiger partial charge in [0.25, 0.3) is 0 Å². The zero-order valence-electron chi connectivity index (χ0n) is 14.9. The van der Waals surface area contributed by atoms with Crippen molar-refractivity contribution in [2.45, 2.75) is 13.5 Å². The predicted octanol–water partition coefficient (Wildman–Crippen LogP) is 4.29. The summed E-state index contributed by atoms with van der Waals surface area (Å²) in [7, 11) is 0. The Morgan fingerprint density at radius 2 is 1.70 bits per heavy atom. The van der Waals surface area contributed by atoms with Crippen LogP contribution in [-0.2, 0) is 6.54 Å². The fourth-order valence-electron chi connectivity index (χ4n) is 2.87. The fraction of sp³-hybridized carbons (Fsp3) is 0.0952. The molecule has 0 aliphatic heterocycles. The van der Waals surface area contributed by atoms with Crippen LogP contribution >= 0.6 is 0 Å². The predicted molar refractivity (Wildman–Crippen MR) is 106 cm³/mol. The summed E-state index contributed by atoms with van der Waals surface area (Å²) in [5.74, 6) is 5.60. The Kier molecular flexibility index (Phi) is 5.38. The van der Waals surface area contributed by atoms with E-state index in [1.165, 1.54) is 12.1 Å². The van der Waals surface area contributed by atoms with E-state index >= 15 is 0 Å². The Morgan fingerprint density at radius 3 is 2.37 bits per heavy atom. The van der Waals surface area contributed by atoms with E-state index in [9.17, 15) is 9.18 Å². The maximum Gasteiger partial charge on any atom is 0.336 e. The molecule has 0 saturated carbocycles. The highest BCUT2D eigenvalue weighted by Crippen LogP contribution is 2.33. The molecule has 3 rings (SSSR count). The molecule has 0 saturated heterocycles. The quantitative estimate of drug-likeness (QED) is 0.279. The average molecular weight is 364 g/mol. The number of hydrogen-bond acceptors (Lipinski definition) is 3. The number of nitrogen functional groups attached to an aromatic ring is 1. The molecule has 0 spiro atoms. The van der Waals surface area contributed by atoms with E-state index in [1.54, 1.807) is 18.2 Å². The molecule has 5 nitrogen and oxygen atoms in total. The lowest BCUT2D eigenvalue weighted by atomic mass is 9.98. The molecule has 0 atom stereocenters. The summed E-state index contributed by atoms with van der Waals surface area (Å²) in [6.45, 7) is 2.12. The second kappa shape index (κ2) is 7.88. The third-order valence-electron chi connectivity index (χ3n) is 4.34. The lowest BCUT2D eigenvalue weighted by Gasteiger charge is -2.20. The van der Waals surface area contributed by atoms with Crippen LogP contribution in [0.3, 0.4) is 0 Å². The van der Waals surface area contributed by atoms with Crippen molar-refractivity contribution in [2.75, 3.05) is 11.1 Å². The van der Waals surface area contributed by atoms with Crippen LogP contribution in [0.25, 0.3) is 11.1 Å². The van der Waals surface area contributed by atoms with Crippen LogP contribution in [0.15, 0.2) is 66.7 Å². The molecular weight excluding hydrogens is 343 g/mol. The number of nitrogens with one attached hydrogen (secondary N) is 1. The first kappa shape index (κ1) is 18.4. The number of nitrogens with zero attached hydrogens (tertiary/aromatic N) is 1. The van der Waals surface area contributed by atoms with Crippen LogP contribution in [0.2, 0.25) is 0 Å². The number of rotatable bonds is 4. The second-order valence-corrected chi connectivity index (χ2v) is 6.25. The van der Waals surface area contributed by atoms with Gasteiger partial charge in [0.15, 0.2) is 0 Å². The van der Waals surface area contributed by atoms with Crippen LogP contribution < -0.4 is 16.9 Å². The number of nitrogens with two attached hydrogens (primary N) is 2. The average Bonchev–Trinajstić information content (AvgIpc) is 2.67. The number of halogens is 1. The molecule has 6 heteroatoms. The van der Waals surface area contributed by atoms with E-state index in [-0.39, 0.29) is 12.4 Å². The summed E-state index contributed by atoms with van der Waals surface area (Å²) >= 11 is 0. The van der Waals surface area contributed by atoms with Crippen molar-refractivity contribution in [1.29, 1.82) is 0 Å². The van der Waals surface area contributed by atoms with Gasteiger partial charge in [0.05, 0.1) is 17.9 Å². The largest absolute Gasteiger partial charge is 0.397 e. The summed E-state index contributed by atoms with van der Waals surface area (Å²) in [5.41, 5.74) is 10.4. The molecular formula is C21H21FN4O. The number of anilines is 2. The first-order valence-corrected chi connectivity index (χ1v) is 8.48. The van der Waals surface area contributed by atoms with Crippen molar-refractivity contribution in [3.05, 3.63) is 83.7 Å². The molecule has 3 aromatic rings. The highest BCUT2D eigenvalue weighted by atomic mass is 19.1. The molecule has 0 aliphatic rings. The molecule has 138 valence electrons. The standard InChI is InChI=1S/C21H21FN4O/c1-14-18(16-7-9-17(22)10-8-16)11-12-19(23)20(14)25-21(27)26(24)13-15-5-3-2-4-6-15/h2-12H,13,23-24H2,1H3,(H,25,27). The van der Waals surface area contributed by atoms with Crippen molar-refractivity contribution in [1.82, 2.24) is 5.01 Å². The van der Waals surface area contributed by atoms with Crippen molar-refractivity contribution >= 4 is 17.4 Å². The Hall–Kier alpha value is -3.38. The van der Waals surface area contributed by atoms with Gasteiger partial charge in [-0.3, -0.25) is 5.01 Å². The van der Waals surface area contributed by atoms with E-state index in [0.717, 1.165) is 27.3 Å². The lowest BCUT2D eigenvalue weighted by Crippen LogP contribution is -2.40. The summed E-state index contributed by atoms with van der Waals surface area (Å²) in [4.78, 5) is 12.5. The van der Waals surface area contributed by atoms with Crippen molar-refractivity contribution in [2.24, 2.45) is 5.84 Å². The highest BCUT2D eigenvalue weighted by Gasteiger charge is 2.16. The number of carbonyl (C=O) groups excluding carboxylic acids is 1. The van der Waals surface area contributed by atoms with E-state index < -0.39 is 6.03 Å². The monoisotopic (exact) mass is 364 g/mol. The minimum atomic E-state index is -0.468. The summed E-state index contributed by atoms with van der Waals surface area (Å²) in [6, 6.07) is 18.7. The SMILES string of the molecule is Cc1c(-c2ccc(F)cc2)ccc(N)c1NC(=O)N(N)Cc1ccccc1. The van der Waals surface area contributed by atoms with Gasteiger partial charge < -0.3 is 11.1 Å². The van der Waals surface area contributed by atoms with Gasteiger partial charge in [-0.15, -0.1) is 0 Å². The molecule has 0 radical (unpaired) electrons. The molecule has 5 N–H and O–H groups in total. The first-order chi connectivity index (χ1) is 13.0. The minimum absolute atomic E-state index is 0.267. The number of benzene rings is 3. The number of hydrazine groups is 1. The molecule has 27 heavy (non-hydrogen) atoms. The summed E-state index contributed by atoms with van der Waals surface area (Å²) < 4.78 is 13.2. The molecule has 0 bridgehead atoms. The summed E-state index contributed by atoms with van der Waals surface area (Å²) in [5, 5.41) is 3.88. The smallest absolute Gasteiger partial charge is 0.336 e. The maximum absolute atomic E-state index is 13.2. The van der Waals surface area contributed by atoms with Crippen molar-refractivity contribution in [3.8, 4) is 11.1 Å². The third kappa shape index (κ3) is 4.24. The minimum Gasteiger partial charge on any atom is -0.397 e. The lowest BCUT2D eigenvalue weighted by molar-refractivity contribution is 0.210. The zero-order chi connectivity index (χ0) is 19.4. The molecule has 3 aromatic carbocycles. The van der Waals surface area contributed by atoms with Crippen LogP contribution in [-0.4, -0.2) is 11.0 Å². The van der Waals surface area contributed by atoms with Crippen LogP contribution in [0.5, 0.6) is 0 Å². The van der Waals surface area contributed by atoms with E-state index in [4.69, 9.17) is 11.6 Å². The van der Waals surface area contributed by atoms with Crippen molar-refractivity contribution in [3.63, 3.8) is 0 Å². The Morgan fingerprint density at radius 1 is 1.04 bits per heavy atom. The molecule has 2 amide bonds. The maximum atomic E-state index is 13.2. The number of urea groups is 1. The Bertz CT molecular complexity index is 942. The van der Waals surface area contributed by atoms with Gasteiger partial charge in [0.2, 0.25) is 0 Å².